The van der Waals surface area contributed by atoms with Gasteiger partial charge in [0.05, 0.1) is 18.3 Å². The number of carbonyl (C=O) groups is 1. The second-order valence-corrected chi connectivity index (χ2v) is 2.43. The lowest BCUT2D eigenvalue weighted by atomic mass is 10.2. The van der Waals surface area contributed by atoms with Gasteiger partial charge in [-0.05, 0) is 19.1 Å². The molecule has 4 heteroatoms. The molecule has 0 aliphatic heterocycles. The lowest BCUT2D eigenvalue weighted by Crippen LogP contribution is -2.22. The number of hydrogen-bond donors (Lipinski definition) is 1. The van der Waals surface area contributed by atoms with Gasteiger partial charge in [0.2, 0.25) is 0 Å². The molecule has 0 saturated carbocycles. The third kappa shape index (κ3) is 1.79. The van der Waals surface area contributed by atoms with Crippen LogP contribution in [0.2, 0.25) is 0 Å². The van der Waals surface area contributed by atoms with Crippen LogP contribution in [0.5, 0.6) is 0 Å². The zero-order valence-electron chi connectivity index (χ0n) is 6.57. The van der Waals surface area contributed by atoms with Crippen molar-refractivity contribution in [1.29, 1.82) is 0 Å². The Morgan fingerprint density at radius 1 is 1.67 bits per heavy atom. The Bertz CT molecular complexity index is 309. The molecular formula is C8H8NO3-. The van der Waals surface area contributed by atoms with Crippen LogP contribution in [0, 0.1) is 6.92 Å². The van der Waals surface area contributed by atoms with Gasteiger partial charge in [-0.2, -0.15) is 0 Å². The Morgan fingerprint density at radius 2 is 2.33 bits per heavy atom. The second-order valence-electron chi connectivity index (χ2n) is 2.43. The van der Waals surface area contributed by atoms with Crippen LogP contribution in [0.1, 0.15) is 21.7 Å². The SMILES string of the molecule is Cc1cc(C(=O)[O-])cc(CO)n1. The number of rotatable bonds is 2. The van der Waals surface area contributed by atoms with Gasteiger partial charge in [-0.15, -0.1) is 0 Å². The largest absolute Gasteiger partial charge is 0.545 e. The molecule has 0 unspecified atom stereocenters. The van der Waals surface area contributed by atoms with Gasteiger partial charge in [-0.3, -0.25) is 4.98 Å². The summed E-state index contributed by atoms with van der Waals surface area (Å²) in [5.74, 6) is -1.25. The molecule has 0 aromatic carbocycles. The molecular weight excluding hydrogens is 158 g/mol. The van der Waals surface area contributed by atoms with E-state index in [1.807, 2.05) is 0 Å². The Hall–Kier alpha value is -1.42. The van der Waals surface area contributed by atoms with Gasteiger partial charge in [-0.25, -0.2) is 0 Å². The summed E-state index contributed by atoms with van der Waals surface area (Å²) < 4.78 is 0. The molecule has 0 amide bonds. The molecule has 4 nitrogen and oxygen atoms in total. The molecule has 1 heterocycles. The van der Waals surface area contributed by atoms with Crippen molar-refractivity contribution < 1.29 is 15.0 Å². The maximum absolute atomic E-state index is 10.4. The van der Waals surface area contributed by atoms with Crippen molar-refractivity contribution in [3.05, 3.63) is 29.1 Å². The molecule has 0 atom stereocenters. The van der Waals surface area contributed by atoms with Gasteiger partial charge < -0.3 is 15.0 Å². The van der Waals surface area contributed by atoms with Crippen molar-refractivity contribution in [1.82, 2.24) is 4.98 Å². The Labute approximate surface area is 69.5 Å². The number of carboxylic acid groups (broad SMARTS) is 1. The molecule has 0 radical (unpaired) electrons. The van der Waals surface area contributed by atoms with Crippen molar-refractivity contribution in [2.45, 2.75) is 13.5 Å². The molecule has 0 aliphatic carbocycles. The van der Waals surface area contributed by atoms with Crippen LogP contribution in [0.15, 0.2) is 12.1 Å². The van der Waals surface area contributed by atoms with Gasteiger partial charge in [0.25, 0.3) is 0 Å². The third-order valence-corrected chi connectivity index (χ3v) is 1.40. The topological polar surface area (TPSA) is 73.2 Å². The first kappa shape index (κ1) is 8.67. The van der Waals surface area contributed by atoms with E-state index in [0.29, 0.717) is 11.4 Å². The van der Waals surface area contributed by atoms with E-state index in [4.69, 9.17) is 5.11 Å². The van der Waals surface area contributed by atoms with Gasteiger partial charge in [-0.1, -0.05) is 0 Å². The zero-order valence-corrected chi connectivity index (χ0v) is 6.57. The fourth-order valence-electron chi connectivity index (χ4n) is 0.936. The molecule has 0 spiro atoms. The van der Waals surface area contributed by atoms with E-state index in [-0.39, 0.29) is 12.2 Å². The normalized spacial score (nSPS) is 9.83. The number of hydrogen-bond acceptors (Lipinski definition) is 4. The number of nitrogens with zero attached hydrogens (tertiary/aromatic N) is 1. The maximum atomic E-state index is 10.4. The second kappa shape index (κ2) is 3.32. The molecule has 0 bridgehead atoms. The zero-order chi connectivity index (χ0) is 9.14. The Kier molecular flexibility index (Phi) is 2.40. The summed E-state index contributed by atoms with van der Waals surface area (Å²) in [5, 5.41) is 19.1. The first-order valence-corrected chi connectivity index (χ1v) is 3.43. The van der Waals surface area contributed by atoms with E-state index in [2.05, 4.69) is 4.98 Å². The average Bonchev–Trinajstić information content (AvgIpc) is 2.03. The van der Waals surface area contributed by atoms with E-state index < -0.39 is 5.97 Å². The number of aryl methyl sites for hydroxylation is 1. The smallest absolute Gasteiger partial charge is 0.0853 e. The number of pyridine rings is 1. The highest BCUT2D eigenvalue weighted by molar-refractivity contribution is 5.85. The third-order valence-electron chi connectivity index (χ3n) is 1.40. The van der Waals surface area contributed by atoms with Crippen LogP contribution in [-0.4, -0.2) is 16.1 Å². The van der Waals surface area contributed by atoms with Crippen molar-refractivity contribution in [3.8, 4) is 0 Å². The standard InChI is InChI=1S/C8H9NO3/c1-5-2-6(8(11)12)3-7(4-10)9-5/h2-3,10H,4H2,1H3,(H,11,12)/p-1. The van der Waals surface area contributed by atoms with Crippen LogP contribution in [-0.2, 0) is 6.61 Å². The number of aliphatic hydroxyl groups is 1. The number of carboxylic acids is 1. The molecule has 1 aromatic rings. The molecule has 0 saturated heterocycles. The van der Waals surface area contributed by atoms with Gasteiger partial charge in [0.1, 0.15) is 0 Å². The molecule has 1 aromatic heterocycles. The molecule has 0 aliphatic rings. The highest BCUT2D eigenvalue weighted by Crippen LogP contribution is 2.04. The highest BCUT2D eigenvalue weighted by atomic mass is 16.4. The van der Waals surface area contributed by atoms with Gasteiger partial charge in [0, 0.05) is 11.3 Å². The van der Waals surface area contributed by atoms with E-state index in [0.717, 1.165) is 0 Å². The quantitative estimate of drug-likeness (QED) is 0.627. The maximum Gasteiger partial charge on any atom is 0.0853 e. The van der Waals surface area contributed by atoms with Crippen LogP contribution in [0.4, 0.5) is 0 Å². The average molecular weight is 166 g/mol. The van der Waals surface area contributed by atoms with Crippen molar-refractivity contribution in [3.63, 3.8) is 0 Å². The predicted octanol–water partition coefficient (Wildman–Crippen LogP) is -0.754. The summed E-state index contributed by atoms with van der Waals surface area (Å²) in [5.41, 5.74) is 0.946. The van der Waals surface area contributed by atoms with Gasteiger partial charge in [0.15, 0.2) is 0 Å². The first-order valence-electron chi connectivity index (χ1n) is 3.43. The number of aromatic nitrogens is 1. The van der Waals surface area contributed by atoms with Crippen LogP contribution >= 0.6 is 0 Å². The van der Waals surface area contributed by atoms with Crippen LogP contribution in [0.3, 0.4) is 0 Å². The minimum Gasteiger partial charge on any atom is -0.545 e. The molecule has 0 fully saturated rings. The summed E-state index contributed by atoms with van der Waals surface area (Å²) in [4.78, 5) is 14.3. The Balaban J connectivity index is 3.15. The van der Waals surface area contributed by atoms with Crippen molar-refractivity contribution in [2.24, 2.45) is 0 Å². The fourth-order valence-corrected chi connectivity index (χ4v) is 0.936. The predicted molar refractivity (Wildman–Crippen MR) is 39.2 cm³/mol. The molecule has 1 rings (SSSR count). The summed E-state index contributed by atoms with van der Waals surface area (Å²) in [7, 11) is 0. The number of aromatic carboxylic acids is 1. The highest BCUT2D eigenvalue weighted by Gasteiger charge is 1.99. The van der Waals surface area contributed by atoms with E-state index in [9.17, 15) is 9.90 Å². The Morgan fingerprint density at radius 3 is 2.83 bits per heavy atom. The lowest BCUT2D eigenvalue weighted by Gasteiger charge is -2.04. The van der Waals surface area contributed by atoms with E-state index in [1.165, 1.54) is 12.1 Å². The summed E-state index contributed by atoms with van der Waals surface area (Å²) in [6.45, 7) is 1.40. The summed E-state index contributed by atoms with van der Waals surface area (Å²) >= 11 is 0. The summed E-state index contributed by atoms with van der Waals surface area (Å²) in [6, 6.07) is 2.69. The minimum atomic E-state index is -1.25. The van der Waals surface area contributed by atoms with Crippen molar-refractivity contribution in [2.75, 3.05) is 0 Å². The molecule has 12 heavy (non-hydrogen) atoms. The number of aliphatic hydroxyl groups excluding tert-OH is 1. The monoisotopic (exact) mass is 166 g/mol. The molecule has 64 valence electrons. The summed E-state index contributed by atoms with van der Waals surface area (Å²) in [6.07, 6.45) is 0. The van der Waals surface area contributed by atoms with Gasteiger partial charge >= 0.3 is 0 Å². The van der Waals surface area contributed by atoms with E-state index >= 15 is 0 Å². The lowest BCUT2D eigenvalue weighted by molar-refractivity contribution is -0.255. The van der Waals surface area contributed by atoms with E-state index in [1.54, 1.807) is 6.92 Å². The van der Waals surface area contributed by atoms with Crippen LogP contribution < -0.4 is 5.11 Å². The first-order chi connectivity index (χ1) is 5.63. The minimum absolute atomic E-state index is 0.0477. The fraction of sp³-hybridized carbons (Fsp3) is 0.250. The van der Waals surface area contributed by atoms with Crippen molar-refractivity contribution >= 4 is 5.97 Å². The van der Waals surface area contributed by atoms with Crippen LogP contribution in [0.25, 0.3) is 0 Å². The number of carbonyl (C=O) groups excluding carboxylic acids is 1. The molecule has 1 N–H and O–H groups in total.